The first-order valence-corrected chi connectivity index (χ1v) is 17.6. The van der Waals surface area contributed by atoms with Gasteiger partial charge in [0.15, 0.2) is 11.9 Å². The molecule has 2 aromatic heterocycles. The highest BCUT2D eigenvalue weighted by molar-refractivity contribution is 5.94. The van der Waals surface area contributed by atoms with E-state index in [-0.39, 0.29) is 42.5 Å². The molecule has 6 aromatic rings. The monoisotopic (exact) mass is 742 g/mol. The van der Waals surface area contributed by atoms with Crippen LogP contribution in [0, 0.1) is 0 Å². The van der Waals surface area contributed by atoms with E-state index in [4.69, 9.17) is 23.7 Å². The molecule has 10 nitrogen and oxygen atoms in total. The molecule has 0 bridgehead atoms. The molecule has 0 unspecified atom stereocenters. The third-order valence-electron chi connectivity index (χ3n) is 8.49. The predicted octanol–water partition coefficient (Wildman–Crippen LogP) is 7.83. The third-order valence-corrected chi connectivity index (χ3v) is 8.49. The largest absolute Gasteiger partial charge is 0.480 e. The number of alkyl halides is 3. The number of nitrogens with zero attached hydrogens (tertiary/aromatic N) is 4. The van der Waals surface area contributed by atoms with Gasteiger partial charge in [0.2, 0.25) is 5.88 Å². The summed E-state index contributed by atoms with van der Waals surface area (Å²) in [6, 6.07) is 33.4. The Morgan fingerprint density at radius 2 is 1.28 bits per heavy atom. The zero-order chi connectivity index (χ0) is 37.9. The van der Waals surface area contributed by atoms with Gasteiger partial charge in [-0.1, -0.05) is 91.0 Å². The van der Waals surface area contributed by atoms with Crippen LogP contribution in [-0.2, 0) is 47.2 Å². The van der Waals surface area contributed by atoms with Crippen LogP contribution in [0.3, 0.4) is 0 Å². The average Bonchev–Trinajstić information content (AvgIpc) is 3.50. The number of benzene rings is 4. The summed E-state index contributed by atoms with van der Waals surface area (Å²) < 4.78 is 74.3. The summed E-state index contributed by atoms with van der Waals surface area (Å²) in [4.78, 5) is 18.0. The van der Waals surface area contributed by atoms with E-state index in [1.54, 1.807) is 19.1 Å². The first-order chi connectivity index (χ1) is 26.2. The molecule has 13 heteroatoms. The maximum absolute atomic E-state index is 13.9. The minimum absolute atomic E-state index is 0.0153. The van der Waals surface area contributed by atoms with Gasteiger partial charge in [-0.05, 0) is 48.1 Å². The number of halogens is 3. The fraction of sp³-hybridized carbons (Fsp3) is 0.293. The summed E-state index contributed by atoms with van der Waals surface area (Å²) in [6.45, 7) is 4.15. The Morgan fingerprint density at radius 3 is 1.81 bits per heavy atom. The SMILES string of the molecule is CCn1c(COCc2ccccc2)nn(-c2cc(O[C@@H](C)C(F)(F)F)c3c(OC(COCc4ccccc4)COCc4ccccc4)nccc3c2)c1=O. The van der Waals surface area contributed by atoms with Crippen molar-refractivity contribution >= 4 is 10.8 Å². The van der Waals surface area contributed by atoms with Gasteiger partial charge in [-0.25, -0.2) is 9.78 Å². The number of fused-ring (bicyclic) bond motifs is 1. The summed E-state index contributed by atoms with van der Waals surface area (Å²) in [5.74, 6) is 0.183. The number of hydrogen-bond donors (Lipinski definition) is 0. The van der Waals surface area contributed by atoms with Crippen LogP contribution >= 0.6 is 0 Å². The Kier molecular flexibility index (Phi) is 12.8. The van der Waals surface area contributed by atoms with Crippen molar-refractivity contribution in [3.05, 3.63) is 148 Å². The first kappa shape index (κ1) is 38.2. The van der Waals surface area contributed by atoms with Gasteiger partial charge in [0.25, 0.3) is 0 Å². The van der Waals surface area contributed by atoms with E-state index in [0.717, 1.165) is 28.3 Å². The summed E-state index contributed by atoms with van der Waals surface area (Å²) in [7, 11) is 0. The molecule has 0 saturated carbocycles. The molecule has 1 atom stereocenters. The van der Waals surface area contributed by atoms with E-state index >= 15 is 0 Å². The van der Waals surface area contributed by atoms with Crippen molar-refractivity contribution in [2.45, 2.75) is 65.2 Å². The van der Waals surface area contributed by atoms with Crippen LogP contribution in [0.2, 0.25) is 0 Å². The second-order valence-corrected chi connectivity index (χ2v) is 12.5. The molecule has 0 fully saturated rings. The summed E-state index contributed by atoms with van der Waals surface area (Å²) in [5.41, 5.74) is 2.58. The Hall–Kier alpha value is -5.50. The molecule has 0 spiro atoms. The predicted molar refractivity (Wildman–Crippen MR) is 196 cm³/mol. The minimum atomic E-state index is -4.69. The normalized spacial score (nSPS) is 12.3. The molecule has 0 aliphatic carbocycles. The van der Waals surface area contributed by atoms with Gasteiger partial charge in [0, 0.05) is 18.8 Å². The van der Waals surface area contributed by atoms with E-state index in [1.165, 1.54) is 16.8 Å². The van der Waals surface area contributed by atoms with Crippen LogP contribution in [0.15, 0.2) is 120 Å². The molecule has 0 saturated heterocycles. The number of rotatable bonds is 18. The van der Waals surface area contributed by atoms with Crippen LogP contribution < -0.4 is 15.2 Å². The molecule has 4 aromatic carbocycles. The molecule has 282 valence electrons. The zero-order valence-corrected chi connectivity index (χ0v) is 29.9. The quantitative estimate of drug-likeness (QED) is 0.0880. The second-order valence-electron chi connectivity index (χ2n) is 12.5. The topological polar surface area (TPSA) is 98.9 Å². The molecule has 0 aliphatic heterocycles. The van der Waals surface area contributed by atoms with Gasteiger partial charge in [-0.2, -0.15) is 17.9 Å². The van der Waals surface area contributed by atoms with Crippen molar-refractivity contribution in [2.75, 3.05) is 13.2 Å². The van der Waals surface area contributed by atoms with Gasteiger partial charge in [0.05, 0.1) is 44.1 Å². The Bertz CT molecular complexity index is 2100. The van der Waals surface area contributed by atoms with Crippen LogP contribution in [0.4, 0.5) is 13.2 Å². The number of ether oxygens (including phenoxy) is 5. The molecule has 0 amide bonds. The highest BCUT2D eigenvalue weighted by Gasteiger charge is 2.38. The fourth-order valence-electron chi connectivity index (χ4n) is 5.70. The zero-order valence-electron chi connectivity index (χ0n) is 29.9. The fourth-order valence-corrected chi connectivity index (χ4v) is 5.70. The van der Waals surface area contributed by atoms with Gasteiger partial charge in [0.1, 0.15) is 18.5 Å². The number of pyridine rings is 1. The molecule has 0 N–H and O–H groups in total. The van der Waals surface area contributed by atoms with E-state index in [1.807, 2.05) is 91.0 Å². The van der Waals surface area contributed by atoms with Crippen LogP contribution in [-0.4, -0.2) is 50.9 Å². The highest BCUT2D eigenvalue weighted by Crippen LogP contribution is 2.37. The van der Waals surface area contributed by atoms with E-state index < -0.39 is 24.1 Å². The van der Waals surface area contributed by atoms with Crippen molar-refractivity contribution in [1.29, 1.82) is 0 Å². The Balaban J connectivity index is 1.32. The maximum Gasteiger partial charge on any atom is 0.425 e. The molecule has 2 heterocycles. The smallest absolute Gasteiger partial charge is 0.425 e. The Morgan fingerprint density at radius 1 is 0.722 bits per heavy atom. The highest BCUT2D eigenvalue weighted by atomic mass is 19.4. The van der Waals surface area contributed by atoms with Crippen molar-refractivity contribution in [3.63, 3.8) is 0 Å². The van der Waals surface area contributed by atoms with E-state index in [2.05, 4.69) is 10.1 Å². The van der Waals surface area contributed by atoms with Gasteiger partial charge in [-0.3, -0.25) is 4.57 Å². The lowest BCUT2D eigenvalue weighted by atomic mass is 10.1. The van der Waals surface area contributed by atoms with E-state index in [0.29, 0.717) is 37.6 Å². The van der Waals surface area contributed by atoms with E-state index in [9.17, 15) is 18.0 Å². The van der Waals surface area contributed by atoms with Gasteiger partial charge in [-0.15, -0.1) is 5.10 Å². The van der Waals surface area contributed by atoms with Crippen molar-refractivity contribution in [2.24, 2.45) is 0 Å². The van der Waals surface area contributed by atoms with Crippen LogP contribution in [0.1, 0.15) is 36.4 Å². The molecule has 0 aliphatic rings. The molecule has 0 radical (unpaired) electrons. The average molecular weight is 743 g/mol. The van der Waals surface area contributed by atoms with Crippen molar-refractivity contribution in [3.8, 4) is 17.3 Å². The standard InChI is InChI=1S/C41H41F3N4O6/c1-3-47-37(28-52-25-32-17-11-6-12-18-32)46-48(40(47)49)34-21-33-19-20-45-39(38(33)36(22-34)53-29(2)41(42,43)44)54-35(26-50-23-30-13-7-4-8-14-30)27-51-24-31-15-9-5-10-16-31/h4-22,29,35H,3,23-28H2,1-2H3/t29-/m0/s1. The molecular formula is C41H41F3N4O6. The minimum Gasteiger partial charge on any atom is -0.480 e. The lowest BCUT2D eigenvalue weighted by Gasteiger charge is -2.23. The van der Waals surface area contributed by atoms with Crippen molar-refractivity contribution in [1.82, 2.24) is 19.3 Å². The lowest BCUT2D eigenvalue weighted by molar-refractivity contribution is -0.189. The summed E-state index contributed by atoms with van der Waals surface area (Å²) in [5, 5.41) is 5.13. The third kappa shape index (κ3) is 9.92. The second kappa shape index (κ2) is 18.0. The maximum atomic E-state index is 13.9. The number of hydrogen-bond acceptors (Lipinski definition) is 8. The van der Waals surface area contributed by atoms with Gasteiger partial charge < -0.3 is 23.7 Å². The lowest BCUT2D eigenvalue weighted by Crippen LogP contribution is -2.31. The molecule has 54 heavy (non-hydrogen) atoms. The van der Waals surface area contributed by atoms with Crippen molar-refractivity contribution < 1.29 is 36.9 Å². The summed E-state index contributed by atoms with van der Waals surface area (Å²) >= 11 is 0. The van der Waals surface area contributed by atoms with Gasteiger partial charge >= 0.3 is 11.9 Å². The summed E-state index contributed by atoms with van der Waals surface area (Å²) in [6.07, 6.45) is -6.12. The van der Waals surface area contributed by atoms with Crippen LogP contribution in [0.25, 0.3) is 16.5 Å². The first-order valence-electron chi connectivity index (χ1n) is 17.6. The molecule has 6 rings (SSSR count). The molecular weight excluding hydrogens is 701 g/mol. The Labute approximate surface area is 310 Å². The van der Waals surface area contributed by atoms with Crippen LogP contribution in [0.5, 0.6) is 11.6 Å². The number of aromatic nitrogens is 4.